The summed E-state index contributed by atoms with van der Waals surface area (Å²) in [7, 11) is 3.94. The molecule has 23 heavy (non-hydrogen) atoms. The number of anilines is 2. The van der Waals surface area contributed by atoms with Gasteiger partial charge in [-0.15, -0.1) is 0 Å². The lowest BCUT2D eigenvalue weighted by Crippen LogP contribution is -2.44. The lowest BCUT2D eigenvalue weighted by atomic mass is 9.98. The topological polar surface area (TPSA) is 61.9 Å². The minimum Gasteiger partial charge on any atom is -0.466 e. The molecule has 1 atom stereocenters. The van der Waals surface area contributed by atoms with Gasteiger partial charge < -0.3 is 19.9 Å². The van der Waals surface area contributed by atoms with Crippen LogP contribution < -0.4 is 10.2 Å². The highest BCUT2D eigenvalue weighted by atomic mass is 16.5. The molecule has 1 aromatic carbocycles. The molecule has 1 saturated heterocycles. The van der Waals surface area contributed by atoms with E-state index >= 15 is 0 Å². The number of piperidine rings is 1. The number of carbonyl (C=O) groups is 2. The summed E-state index contributed by atoms with van der Waals surface area (Å²) >= 11 is 0. The molecular weight excluding hydrogens is 294 g/mol. The number of rotatable bonds is 4. The van der Waals surface area contributed by atoms with E-state index in [0.29, 0.717) is 19.7 Å². The summed E-state index contributed by atoms with van der Waals surface area (Å²) in [4.78, 5) is 27.9. The molecule has 0 aromatic heterocycles. The van der Waals surface area contributed by atoms with Gasteiger partial charge in [-0.25, -0.2) is 4.79 Å². The number of amides is 2. The number of hydrogen-bond donors (Lipinski definition) is 1. The van der Waals surface area contributed by atoms with Gasteiger partial charge in [0.25, 0.3) is 0 Å². The van der Waals surface area contributed by atoms with E-state index in [9.17, 15) is 9.59 Å². The Morgan fingerprint density at radius 1 is 1.30 bits per heavy atom. The van der Waals surface area contributed by atoms with Crippen molar-refractivity contribution in [3.05, 3.63) is 24.3 Å². The molecule has 126 valence electrons. The Morgan fingerprint density at radius 2 is 2.00 bits per heavy atom. The van der Waals surface area contributed by atoms with Gasteiger partial charge in [0, 0.05) is 38.6 Å². The smallest absolute Gasteiger partial charge is 0.321 e. The first-order chi connectivity index (χ1) is 11.0. The summed E-state index contributed by atoms with van der Waals surface area (Å²) in [5, 5.41) is 2.89. The van der Waals surface area contributed by atoms with E-state index in [0.717, 1.165) is 24.2 Å². The van der Waals surface area contributed by atoms with Crippen LogP contribution in [-0.4, -0.2) is 50.7 Å². The predicted molar refractivity (Wildman–Crippen MR) is 90.7 cm³/mol. The number of nitrogens with zero attached hydrogens (tertiary/aromatic N) is 2. The molecule has 2 rings (SSSR count). The minimum absolute atomic E-state index is 0.170. The van der Waals surface area contributed by atoms with E-state index in [1.165, 1.54) is 0 Å². The van der Waals surface area contributed by atoms with Crippen LogP contribution >= 0.6 is 0 Å². The molecule has 2 amide bonds. The number of urea groups is 1. The first kappa shape index (κ1) is 17.1. The zero-order chi connectivity index (χ0) is 16.8. The summed E-state index contributed by atoms with van der Waals surface area (Å²) in [5.74, 6) is -0.425. The Hall–Kier alpha value is -2.24. The zero-order valence-corrected chi connectivity index (χ0v) is 14.0. The van der Waals surface area contributed by atoms with Crippen LogP contribution in [0.3, 0.4) is 0 Å². The number of ether oxygens (including phenoxy) is 1. The Bertz CT molecular complexity index is 543. The fourth-order valence-corrected chi connectivity index (χ4v) is 2.66. The maximum absolute atomic E-state index is 12.4. The highest BCUT2D eigenvalue weighted by Gasteiger charge is 2.29. The molecule has 1 aromatic rings. The summed E-state index contributed by atoms with van der Waals surface area (Å²) in [6.45, 7) is 3.25. The maximum atomic E-state index is 12.4. The van der Waals surface area contributed by atoms with E-state index in [2.05, 4.69) is 5.32 Å². The first-order valence-corrected chi connectivity index (χ1v) is 8.01. The summed E-state index contributed by atoms with van der Waals surface area (Å²) in [5.41, 5.74) is 1.82. The molecule has 1 unspecified atom stereocenters. The lowest BCUT2D eigenvalue weighted by Gasteiger charge is -2.31. The van der Waals surface area contributed by atoms with Crippen molar-refractivity contribution in [1.82, 2.24) is 4.90 Å². The highest BCUT2D eigenvalue weighted by Crippen LogP contribution is 2.20. The molecule has 0 saturated carbocycles. The Morgan fingerprint density at radius 3 is 2.61 bits per heavy atom. The standard InChI is InChI=1S/C17H25N3O3/c1-4-23-16(21)13-6-5-11-20(12-13)17(22)18-14-7-9-15(10-8-14)19(2)3/h7-10,13H,4-6,11-12H2,1-3H3,(H,18,22). The number of likely N-dealkylation sites (tertiary alicyclic amines) is 1. The summed E-state index contributed by atoms with van der Waals surface area (Å²) in [6.07, 6.45) is 1.59. The average molecular weight is 319 g/mol. The molecule has 1 heterocycles. The van der Waals surface area contributed by atoms with Crippen LogP contribution in [0, 0.1) is 5.92 Å². The van der Waals surface area contributed by atoms with Crippen molar-refractivity contribution in [2.75, 3.05) is 44.0 Å². The fraction of sp³-hybridized carbons (Fsp3) is 0.529. The number of carbonyl (C=O) groups excluding carboxylic acids is 2. The number of hydrogen-bond acceptors (Lipinski definition) is 4. The highest BCUT2D eigenvalue weighted by molar-refractivity contribution is 5.90. The molecule has 1 aliphatic rings. The van der Waals surface area contributed by atoms with Crippen LogP contribution in [0.2, 0.25) is 0 Å². The van der Waals surface area contributed by atoms with Gasteiger partial charge in [-0.1, -0.05) is 0 Å². The zero-order valence-electron chi connectivity index (χ0n) is 14.0. The van der Waals surface area contributed by atoms with Crippen molar-refractivity contribution in [3.8, 4) is 0 Å². The summed E-state index contributed by atoms with van der Waals surface area (Å²) < 4.78 is 5.06. The normalized spacial score (nSPS) is 17.5. The van der Waals surface area contributed by atoms with E-state index in [4.69, 9.17) is 4.74 Å². The van der Waals surface area contributed by atoms with Crippen LogP contribution in [0.4, 0.5) is 16.2 Å². The van der Waals surface area contributed by atoms with E-state index in [-0.39, 0.29) is 17.9 Å². The van der Waals surface area contributed by atoms with Crippen LogP contribution in [0.5, 0.6) is 0 Å². The van der Waals surface area contributed by atoms with Crippen molar-refractivity contribution >= 4 is 23.4 Å². The average Bonchev–Trinajstić information content (AvgIpc) is 2.55. The molecule has 1 aliphatic heterocycles. The SMILES string of the molecule is CCOC(=O)C1CCCN(C(=O)Nc2ccc(N(C)C)cc2)C1. The van der Waals surface area contributed by atoms with Gasteiger partial charge in [0.15, 0.2) is 0 Å². The van der Waals surface area contributed by atoms with Crippen LogP contribution in [0.1, 0.15) is 19.8 Å². The molecule has 6 nitrogen and oxygen atoms in total. The van der Waals surface area contributed by atoms with Gasteiger partial charge in [0.05, 0.1) is 12.5 Å². The Balaban J connectivity index is 1.93. The second-order valence-corrected chi connectivity index (χ2v) is 5.91. The van der Waals surface area contributed by atoms with Crippen molar-refractivity contribution in [2.45, 2.75) is 19.8 Å². The van der Waals surface area contributed by atoms with E-state index in [1.54, 1.807) is 11.8 Å². The van der Waals surface area contributed by atoms with Gasteiger partial charge >= 0.3 is 12.0 Å². The van der Waals surface area contributed by atoms with Crippen molar-refractivity contribution < 1.29 is 14.3 Å². The summed E-state index contributed by atoms with van der Waals surface area (Å²) in [6, 6.07) is 7.48. The third-order valence-corrected chi connectivity index (χ3v) is 3.96. The van der Waals surface area contributed by atoms with Gasteiger partial charge in [-0.2, -0.15) is 0 Å². The monoisotopic (exact) mass is 319 g/mol. The van der Waals surface area contributed by atoms with Gasteiger partial charge in [-0.3, -0.25) is 4.79 Å². The van der Waals surface area contributed by atoms with Crippen LogP contribution in [0.25, 0.3) is 0 Å². The number of nitrogens with one attached hydrogen (secondary N) is 1. The Kier molecular flexibility index (Phi) is 5.84. The van der Waals surface area contributed by atoms with Crippen LogP contribution in [0.15, 0.2) is 24.3 Å². The minimum atomic E-state index is -0.217. The molecular formula is C17H25N3O3. The lowest BCUT2D eigenvalue weighted by molar-refractivity contribution is -0.149. The van der Waals surface area contributed by atoms with E-state index < -0.39 is 0 Å². The first-order valence-electron chi connectivity index (χ1n) is 8.01. The van der Waals surface area contributed by atoms with Crippen molar-refractivity contribution in [2.24, 2.45) is 5.92 Å². The molecule has 0 bridgehead atoms. The fourth-order valence-electron chi connectivity index (χ4n) is 2.66. The van der Waals surface area contributed by atoms with Crippen LogP contribution in [-0.2, 0) is 9.53 Å². The third-order valence-electron chi connectivity index (χ3n) is 3.96. The molecule has 1 N–H and O–H groups in total. The molecule has 0 spiro atoms. The molecule has 1 fully saturated rings. The largest absolute Gasteiger partial charge is 0.466 e. The number of benzene rings is 1. The van der Waals surface area contributed by atoms with Crippen molar-refractivity contribution in [1.29, 1.82) is 0 Å². The van der Waals surface area contributed by atoms with Gasteiger partial charge in [0.2, 0.25) is 0 Å². The van der Waals surface area contributed by atoms with Gasteiger partial charge in [-0.05, 0) is 44.0 Å². The maximum Gasteiger partial charge on any atom is 0.321 e. The second-order valence-electron chi connectivity index (χ2n) is 5.91. The van der Waals surface area contributed by atoms with E-state index in [1.807, 2.05) is 43.3 Å². The molecule has 6 heteroatoms. The quantitative estimate of drug-likeness (QED) is 0.867. The Labute approximate surface area is 137 Å². The third kappa shape index (κ3) is 4.61. The van der Waals surface area contributed by atoms with Gasteiger partial charge in [0.1, 0.15) is 0 Å². The number of esters is 1. The molecule has 0 radical (unpaired) electrons. The van der Waals surface area contributed by atoms with Crippen molar-refractivity contribution in [3.63, 3.8) is 0 Å². The molecule has 0 aliphatic carbocycles. The second kappa shape index (κ2) is 7.85. The predicted octanol–water partition coefficient (Wildman–Crippen LogP) is 2.56.